The molecule has 0 radical (unpaired) electrons. The van der Waals surface area contributed by atoms with Crippen LogP contribution in [0, 0.1) is 11.7 Å². The second-order valence-corrected chi connectivity index (χ2v) is 8.27. The number of hydrogen-bond donors (Lipinski definition) is 3. The molecule has 190 valence electrons. The van der Waals surface area contributed by atoms with E-state index in [1.807, 2.05) is 6.92 Å². The molecule has 1 aromatic heterocycles. The lowest BCUT2D eigenvalue weighted by Crippen LogP contribution is -2.72. The predicted octanol–water partition coefficient (Wildman–Crippen LogP) is 4.98. The first-order valence-corrected chi connectivity index (χ1v) is 11.0. The number of carbonyl (C=O) groups excluding carboxylic acids is 2. The Morgan fingerprint density at radius 3 is 2.50 bits per heavy atom. The normalized spacial score (nSPS) is 22.0. The molecule has 1 aliphatic heterocycles. The van der Waals surface area contributed by atoms with E-state index in [0.717, 1.165) is 12.5 Å². The molecule has 3 aromatic rings. The van der Waals surface area contributed by atoms with Gasteiger partial charge in [-0.25, -0.2) is 9.18 Å². The summed E-state index contributed by atoms with van der Waals surface area (Å²) < 4.78 is 67.0. The van der Waals surface area contributed by atoms with Crippen molar-refractivity contribution in [1.82, 2.24) is 10.6 Å². The Hall–Kier alpha value is -3.86. The number of ether oxygens (including phenoxy) is 1. The van der Waals surface area contributed by atoms with Gasteiger partial charge >= 0.3 is 12.2 Å². The smallest absolute Gasteiger partial charge is 0.437 e. The van der Waals surface area contributed by atoms with Crippen LogP contribution in [-0.4, -0.2) is 35.4 Å². The first-order valence-electron chi connectivity index (χ1n) is 11.0. The molecule has 0 bridgehead atoms. The summed E-state index contributed by atoms with van der Waals surface area (Å²) in [6, 6.07) is 10.3. The number of ketones is 1. The van der Waals surface area contributed by atoms with Crippen LogP contribution in [0.1, 0.15) is 35.5 Å². The van der Waals surface area contributed by atoms with Crippen LogP contribution < -0.4 is 15.4 Å². The number of carbonyl (C=O) groups is 2. The third-order valence-corrected chi connectivity index (χ3v) is 5.74. The number of furan rings is 1. The SMILES string of the molecule is CCCOc1ccc(C(=O)C2C(c3ccc(-c4cccc(F)c4)o3)NC(=O)NC2(O)C(F)(F)F)cc1. The van der Waals surface area contributed by atoms with E-state index in [2.05, 4.69) is 5.32 Å². The molecule has 0 spiro atoms. The van der Waals surface area contributed by atoms with Crippen molar-refractivity contribution in [3.63, 3.8) is 0 Å². The summed E-state index contributed by atoms with van der Waals surface area (Å²) in [5.41, 5.74) is -3.76. The summed E-state index contributed by atoms with van der Waals surface area (Å²) in [6.45, 7) is 2.31. The van der Waals surface area contributed by atoms with Gasteiger partial charge in [0.15, 0.2) is 5.78 Å². The van der Waals surface area contributed by atoms with E-state index in [1.54, 1.807) is 0 Å². The molecule has 1 saturated heterocycles. The highest BCUT2D eigenvalue weighted by Gasteiger charge is 2.66. The van der Waals surface area contributed by atoms with Gasteiger partial charge < -0.3 is 24.9 Å². The van der Waals surface area contributed by atoms with Crippen molar-refractivity contribution < 1.29 is 41.4 Å². The molecule has 0 aliphatic carbocycles. The zero-order valence-electron chi connectivity index (χ0n) is 18.9. The third-order valence-electron chi connectivity index (χ3n) is 5.74. The fourth-order valence-corrected chi connectivity index (χ4v) is 4.01. The fraction of sp³-hybridized carbons (Fsp3) is 0.280. The maximum atomic E-state index is 14.1. The molecular weight excluding hydrogens is 484 g/mol. The Morgan fingerprint density at radius 1 is 1.14 bits per heavy atom. The molecular formula is C25H22F4N2O5. The van der Waals surface area contributed by atoms with E-state index >= 15 is 0 Å². The van der Waals surface area contributed by atoms with E-state index in [4.69, 9.17) is 9.15 Å². The van der Waals surface area contributed by atoms with Crippen molar-refractivity contribution in [2.75, 3.05) is 6.61 Å². The van der Waals surface area contributed by atoms with Crippen LogP contribution >= 0.6 is 0 Å². The van der Waals surface area contributed by atoms with Gasteiger partial charge in [0.2, 0.25) is 5.72 Å². The zero-order chi connectivity index (χ0) is 26.1. The quantitative estimate of drug-likeness (QED) is 0.310. The van der Waals surface area contributed by atoms with Gasteiger partial charge in [0.05, 0.1) is 6.61 Å². The average molecular weight is 506 g/mol. The molecule has 3 N–H and O–H groups in total. The molecule has 7 nitrogen and oxygen atoms in total. The van der Waals surface area contributed by atoms with Crippen LogP contribution in [0.15, 0.2) is 65.1 Å². The minimum Gasteiger partial charge on any atom is -0.494 e. The molecule has 1 aliphatic rings. The summed E-state index contributed by atoms with van der Waals surface area (Å²) >= 11 is 0. The van der Waals surface area contributed by atoms with Crippen LogP contribution in [0.4, 0.5) is 22.4 Å². The molecule has 4 rings (SSSR count). The number of rotatable bonds is 7. The number of nitrogens with one attached hydrogen (secondary N) is 2. The lowest BCUT2D eigenvalue weighted by molar-refractivity contribution is -0.288. The van der Waals surface area contributed by atoms with Crippen molar-refractivity contribution in [3.8, 4) is 17.1 Å². The molecule has 3 unspecified atom stereocenters. The second kappa shape index (κ2) is 9.65. The van der Waals surface area contributed by atoms with Crippen molar-refractivity contribution in [3.05, 3.63) is 77.8 Å². The van der Waals surface area contributed by atoms with Gasteiger partial charge in [0.25, 0.3) is 0 Å². The first-order chi connectivity index (χ1) is 17.0. The minimum atomic E-state index is -5.41. The minimum absolute atomic E-state index is 0.0939. The van der Waals surface area contributed by atoms with Crippen LogP contribution in [0.25, 0.3) is 11.3 Å². The fourth-order valence-electron chi connectivity index (χ4n) is 4.01. The number of amides is 2. The van der Waals surface area contributed by atoms with Gasteiger partial charge in [-0.15, -0.1) is 0 Å². The monoisotopic (exact) mass is 506 g/mol. The Labute approximate surface area is 203 Å². The highest BCUT2D eigenvalue weighted by molar-refractivity contribution is 6.00. The Morgan fingerprint density at radius 2 is 1.86 bits per heavy atom. The number of urea groups is 1. The van der Waals surface area contributed by atoms with Gasteiger partial charge in [-0.1, -0.05) is 19.1 Å². The Bertz CT molecular complexity index is 1260. The summed E-state index contributed by atoms with van der Waals surface area (Å²) in [4.78, 5) is 25.6. The van der Waals surface area contributed by atoms with Crippen LogP contribution in [-0.2, 0) is 0 Å². The summed E-state index contributed by atoms with van der Waals surface area (Å²) in [6.07, 6.45) is -4.68. The van der Waals surface area contributed by atoms with E-state index in [0.29, 0.717) is 12.4 Å². The van der Waals surface area contributed by atoms with E-state index < -0.39 is 41.5 Å². The molecule has 0 saturated carbocycles. The van der Waals surface area contributed by atoms with Gasteiger partial charge in [-0.3, -0.25) is 4.79 Å². The lowest BCUT2D eigenvalue weighted by Gasteiger charge is -2.44. The van der Waals surface area contributed by atoms with Gasteiger partial charge in [-0.05, 0) is 55.0 Å². The summed E-state index contributed by atoms with van der Waals surface area (Å²) in [5, 5.41) is 14.4. The van der Waals surface area contributed by atoms with Crippen molar-refractivity contribution in [2.24, 2.45) is 5.92 Å². The molecule has 2 heterocycles. The van der Waals surface area contributed by atoms with Crippen LogP contribution in [0.5, 0.6) is 5.75 Å². The zero-order valence-corrected chi connectivity index (χ0v) is 18.9. The number of Topliss-reactive ketones (excluding diaryl/α,β-unsaturated/α-hetero) is 1. The molecule has 3 atom stereocenters. The highest BCUT2D eigenvalue weighted by atomic mass is 19.4. The molecule has 11 heteroatoms. The number of benzene rings is 2. The molecule has 36 heavy (non-hydrogen) atoms. The number of aliphatic hydroxyl groups is 1. The lowest BCUT2D eigenvalue weighted by atomic mass is 9.79. The largest absolute Gasteiger partial charge is 0.494 e. The summed E-state index contributed by atoms with van der Waals surface area (Å²) in [5.74, 6) is -3.64. The predicted molar refractivity (Wildman–Crippen MR) is 120 cm³/mol. The number of alkyl halides is 3. The van der Waals surface area contributed by atoms with Crippen LogP contribution in [0.3, 0.4) is 0 Å². The number of hydrogen-bond acceptors (Lipinski definition) is 5. The van der Waals surface area contributed by atoms with Crippen LogP contribution in [0.2, 0.25) is 0 Å². The molecule has 2 amide bonds. The Balaban J connectivity index is 1.75. The number of halogens is 4. The Kier molecular flexibility index (Phi) is 6.77. The van der Waals surface area contributed by atoms with E-state index in [1.165, 1.54) is 59.9 Å². The first kappa shape index (κ1) is 25.2. The van der Waals surface area contributed by atoms with Crippen molar-refractivity contribution in [1.29, 1.82) is 0 Å². The topological polar surface area (TPSA) is 101 Å². The molecule has 1 fully saturated rings. The third kappa shape index (κ3) is 4.78. The van der Waals surface area contributed by atoms with Crippen molar-refractivity contribution in [2.45, 2.75) is 31.3 Å². The maximum absolute atomic E-state index is 14.1. The maximum Gasteiger partial charge on any atom is 0.437 e. The van der Waals surface area contributed by atoms with Gasteiger partial charge in [-0.2, -0.15) is 13.2 Å². The average Bonchev–Trinajstić information content (AvgIpc) is 3.32. The molecule has 2 aromatic carbocycles. The van der Waals surface area contributed by atoms with E-state index in [-0.39, 0.29) is 22.6 Å². The standard InChI is InChI=1S/C25H22F4N2O5/c1-2-12-35-17-8-6-14(7-9-17)22(32)20-21(30-23(33)31-24(20,34)25(27,28)29)19-11-10-18(36-19)15-4-3-5-16(26)13-15/h3-11,13,20-21,34H,2,12H2,1H3,(H2,30,31,33). The highest BCUT2D eigenvalue weighted by Crippen LogP contribution is 2.44. The van der Waals surface area contributed by atoms with Gasteiger partial charge in [0, 0.05) is 11.1 Å². The van der Waals surface area contributed by atoms with Gasteiger partial charge in [0.1, 0.15) is 35.0 Å². The van der Waals surface area contributed by atoms with E-state index in [9.17, 15) is 32.3 Å². The second-order valence-electron chi connectivity index (χ2n) is 8.27. The van der Waals surface area contributed by atoms with Crippen molar-refractivity contribution >= 4 is 11.8 Å². The summed E-state index contributed by atoms with van der Waals surface area (Å²) in [7, 11) is 0.